The van der Waals surface area contributed by atoms with Crippen LogP contribution in [0, 0.1) is 5.92 Å². The molecule has 0 aliphatic carbocycles. The van der Waals surface area contributed by atoms with Crippen molar-refractivity contribution in [1.29, 1.82) is 0 Å². The highest BCUT2D eigenvalue weighted by molar-refractivity contribution is 14.0. The minimum absolute atomic E-state index is 0. The molecule has 140 valence electrons. The zero-order valence-electron chi connectivity index (χ0n) is 15.4. The van der Waals surface area contributed by atoms with Crippen LogP contribution in [0.1, 0.15) is 12.8 Å². The molecule has 0 bridgehead atoms. The third-order valence-electron chi connectivity index (χ3n) is 5.04. The van der Waals surface area contributed by atoms with Gasteiger partial charge in [-0.3, -0.25) is 4.99 Å². The van der Waals surface area contributed by atoms with Crippen LogP contribution in [0.3, 0.4) is 0 Å². The monoisotopic (exact) mass is 458 g/mol. The van der Waals surface area contributed by atoms with Crippen LogP contribution >= 0.6 is 24.0 Å². The van der Waals surface area contributed by atoms with E-state index in [9.17, 15) is 0 Å². The van der Waals surface area contributed by atoms with E-state index in [1.54, 1.807) is 0 Å². The van der Waals surface area contributed by atoms with Crippen molar-refractivity contribution < 1.29 is 0 Å². The van der Waals surface area contributed by atoms with Gasteiger partial charge >= 0.3 is 0 Å². The second-order valence-electron chi connectivity index (χ2n) is 6.86. The maximum atomic E-state index is 4.50. The number of nitrogens with one attached hydrogen (secondary N) is 1. The summed E-state index contributed by atoms with van der Waals surface area (Å²) in [6.07, 6.45) is 4.50. The molecule has 7 heteroatoms. The third-order valence-corrected chi connectivity index (χ3v) is 5.04. The Bertz CT molecular complexity index is 530. The van der Waals surface area contributed by atoms with Gasteiger partial charge in [0.05, 0.1) is 0 Å². The first-order chi connectivity index (χ1) is 11.8. The molecular weight excluding hydrogens is 427 g/mol. The number of piperazine rings is 1. The van der Waals surface area contributed by atoms with Crippen molar-refractivity contribution in [3.63, 3.8) is 0 Å². The predicted molar refractivity (Wildman–Crippen MR) is 115 cm³/mol. The van der Waals surface area contributed by atoms with Gasteiger partial charge in [-0.15, -0.1) is 24.0 Å². The van der Waals surface area contributed by atoms with E-state index in [1.807, 2.05) is 19.3 Å². The topological polar surface area (TPSA) is 47.0 Å². The Morgan fingerprint density at radius 1 is 1.24 bits per heavy atom. The highest BCUT2D eigenvalue weighted by Crippen LogP contribution is 2.15. The summed E-state index contributed by atoms with van der Waals surface area (Å²) < 4.78 is 0. The van der Waals surface area contributed by atoms with Crippen molar-refractivity contribution in [3.8, 4) is 0 Å². The minimum atomic E-state index is 0. The average molecular weight is 458 g/mol. The summed E-state index contributed by atoms with van der Waals surface area (Å²) in [5, 5.41) is 3.60. The molecule has 1 unspecified atom stereocenters. The quantitative estimate of drug-likeness (QED) is 0.425. The fraction of sp³-hybridized carbons (Fsp3) is 0.667. The maximum Gasteiger partial charge on any atom is 0.193 e. The van der Waals surface area contributed by atoms with Gasteiger partial charge in [-0.05, 0) is 44.5 Å². The number of rotatable bonds is 3. The molecule has 0 radical (unpaired) electrons. The van der Waals surface area contributed by atoms with Gasteiger partial charge in [0.1, 0.15) is 5.82 Å². The molecule has 25 heavy (non-hydrogen) atoms. The SMILES string of the molecule is CN=C(NCC1CCCN(C)C1)N1CCN(c2ccccn2)CC1.I. The highest BCUT2D eigenvalue weighted by Gasteiger charge is 2.22. The molecule has 2 fully saturated rings. The number of pyridine rings is 1. The fourth-order valence-electron chi connectivity index (χ4n) is 3.70. The predicted octanol–water partition coefficient (Wildman–Crippen LogP) is 1.74. The van der Waals surface area contributed by atoms with Crippen LogP contribution in [-0.2, 0) is 0 Å². The van der Waals surface area contributed by atoms with Crippen molar-refractivity contribution in [2.45, 2.75) is 12.8 Å². The molecule has 3 heterocycles. The Hall–Kier alpha value is -1.09. The van der Waals surface area contributed by atoms with Crippen molar-refractivity contribution in [3.05, 3.63) is 24.4 Å². The molecule has 0 saturated carbocycles. The molecular formula is C18H31IN6. The zero-order chi connectivity index (χ0) is 16.8. The number of hydrogen-bond acceptors (Lipinski definition) is 4. The van der Waals surface area contributed by atoms with Crippen LogP contribution in [-0.4, -0.2) is 80.7 Å². The second kappa shape index (κ2) is 10.2. The van der Waals surface area contributed by atoms with Gasteiger partial charge < -0.3 is 20.0 Å². The molecule has 0 spiro atoms. The molecule has 0 aromatic carbocycles. The van der Waals surface area contributed by atoms with E-state index in [1.165, 1.54) is 25.9 Å². The Morgan fingerprint density at radius 3 is 2.68 bits per heavy atom. The zero-order valence-corrected chi connectivity index (χ0v) is 17.7. The van der Waals surface area contributed by atoms with E-state index in [2.05, 4.69) is 49.2 Å². The molecule has 6 nitrogen and oxygen atoms in total. The number of anilines is 1. The summed E-state index contributed by atoms with van der Waals surface area (Å²) in [6.45, 7) is 7.41. The molecule has 1 aromatic rings. The third kappa shape index (κ3) is 5.70. The second-order valence-corrected chi connectivity index (χ2v) is 6.86. The van der Waals surface area contributed by atoms with Crippen molar-refractivity contribution in [2.75, 3.05) is 64.8 Å². The first kappa shape index (κ1) is 20.2. The van der Waals surface area contributed by atoms with E-state index >= 15 is 0 Å². The van der Waals surface area contributed by atoms with Gasteiger partial charge in [0, 0.05) is 52.5 Å². The molecule has 1 atom stereocenters. The Balaban J connectivity index is 0.00000225. The molecule has 1 aromatic heterocycles. The van der Waals surface area contributed by atoms with Gasteiger partial charge in [0.2, 0.25) is 0 Å². The van der Waals surface area contributed by atoms with Gasteiger partial charge in [0.15, 0.2) is 5.96 Å². The standard InChI is InChI=1S/C18H30N6.HI/c1-19-18(21-14-16-6-5-9-22(2)15-16)24-12-10-23(11-13-24)17-7-3-4-8-20-17;/h3-4,7-8,16H,5-6,9-15H2,1-2H3,(H,19,21);1H. The number of likely N-dealkylation sites (tertiary alicyclic amines) is 1. The van der Waals surface area contributed by atoms with Gasteiger partial charge in [0.25, 0.3) is 0 Å². The van der Waals surface area contributed by atoms with E-state index in [-0.39, 0.29) is 24.0 Å². The van der Waals surface area contributed by atoms with E-state index in [0.717, 1.165) is 50.4 Å². The van der Waals surface area contributed by atoms with Crippen LogP contribution in [0.15, 0.2) is 29.4 Å². The average Bonchev–Trinajstić information content (AvgIpc) is 2.64. The fourth-order valence-corrected chi connectivity index (χ4v) is 3.70. The van der Waals surface area contributed by atoms with Gasteiger partial charge in [-0.25, -0.2) is 4.98 Å². The lowest BCUT2D eigenvalue weighted by Gasteiger charge is -2.38. The van der Waals surface area contributed by atoms with Crippen molar-refractivity contribution >= 4 is 35.8 Å². The summed E-state index contributed by atoms with van der Waals surface area (Å²) in [5.41, 5.74) is 0. The molecule has 3 rings (SSSR count). The number of piperidine rings is 1. The van der Waals surface area contributed by atoms with Crippen molar-refractivity contribution in [2.24, 2.45) is 10.9 Å². The number of halogens is 1. The van der Waals surface area contributed by atoms with Crippen LogP contribution in [0.2, 0.25) is 0 Å². The molecule has 0 amide bonds. The van der Waals surface area contributed by atoms with Crippen LogP contribution in [0.5, 0.6) is 0 Å². The Kier molecular flexibility index (Phi) is 8.21. The minimum Gasteiger partial charge on any atom is -0.356 e. The summed E-state index contributed by atoms with van der Waals surface area (Å²) in [5.74, 6) is 2.85. The van der Waals surface area contributed by atoms with Crippen LogP contribution in [0.25, 0.3) is 0 Å². The van der Waals surface area contributed by atoms with Gasteiger partial charge in [-0.2, -0.15) is 0 Å². The number of nitrogens with zero attached hydrogens (tertiary/aromatic N) is 5. The lowest BCUT2D eigenvalue weighted by atomic mass is 9.98. The number of aromatic nitrogens is 1. The molecule has 2 aliphatic rings. The van der Waals surface area contributed by atoms with Crippen molar-refractivity contribution in [1.82, 2.24) is 20.1 Å². The van der Waals surface area contributed by atoms with E-state index in [4.69, 9.17) is 0 Å². The summed E-state index contributed by atoms with van der Waals surface area (Å²) in [6, 6.07) is 6.10. The van der Waals surface area contributed by atoms with Gasteiger partial charge in [-0.1, -0.05) is 6.07 Å². The first-order valence-corrected chi connectivity index (χ1v) is 9.06. The molecule has 1 N–H and O–H groups in total. The molecule has 2 aliphatic heterocycles. The number of hydrogen-bond donors (Lipinski definition) is 1. The normalized spacial score (nSPS) is 22.5. The van der Waals surface area contributed by atoms with Crippen LogP contribution in [0.4, 0.5) is 5.82 Å². The first-order valence-electron chi connectivity index (χ1n) is 9.06. The summed E-state index contributed by atoms with van der Waals surface area (Å²) in [7, 11) is 4.11. The Labute approximate surface area is 168 Å². The lowest BCUT2D eigenvalue weighted by molar-refractivity contribution is 0.209. The molecule has 2 saturated heterocycles. The lowest BCUT2D eigenvalue weighted by Crippen LogP contribution is -2.53. The van der Waals surface area contributed by atoms with E-state index in [0.29, 0.717) is 0 Å². The largest absolute Gasteiger partial charge is 0.356 e. The maximum absolute atomic E-state index is 4.50. The summed E-state index contributed by atoms with van der Waals surface area (Å²) in [4.78, 5) is 16.1. The highest BCUT2D eigenvalue weighted by atomic mass is 127. The van der Waals surface area contributed by atoms with E-state index < -0.39 is 0 Å². The van der Waals surface area contributed by atoms with Crippen LogP contribution < -0.4 is 10.2 Å². The summed E-state index contributed by atoms with van der Waals surface area (Å²) >= 11 is 0. The number of aliphatic imine (C=N–C) groups is 1. The number of guanidine groups is 1. The smallest absolute Gasteiger partial charge is 0.193 e. The Morgan fingerprint density at radius 2 is 2.04 bits per heavy atom.